The van der Waals surface area contributed by atoms with Crippen LogP contribution in [0.5, 0.6) is 0 Å². The number of nitrogens with zero attached hydrogens (tertiary/aromatic N) is 4. The van der Waals surface area contributed by atoms with Crippen LogP contribution in [0.1, 0.15) is 17.8 Å². The molecule has 0 atom stereocenters. The van der Waals surface area contributed by atoms with Crippen LogP contribution in [0.2, 0.25) is 0 Å². The molecule has 1 fully saturated rings. The van der Waals surface area contributed by atoms with Gasteiger partial charge in [0.05, 0.1) is 10.9 Å². The smallest absolute Gasteiger partial charge is 0.261 e. The Morgan fingerprint density at radius 1 is 1.03 bits per heavy atom. The van der Waals surface area contributed by atoms with Gasteiger partial charge in [-0.1, -0.05) is 24.3 Å². The summed E-state index contributed by atoms with van der Waals surface area (Å²) in [5.74, 6) is 0.237. The van der Waals surface area contributed by atoms with E-state index in [0.29, 0.717) is 29.8 Å². The van der Waals surface area contributed by atoms with Crippen LogP contribution in [0.15, 0.2) is 53.3 Å². The normalized spacial score (nSPS) is 15.3. The second-order valence-electron chi connectivity index (χ2n) is 7.70. The lowest BCUT2D eigenvalue weighted by Gasteiger charge is -2.23. The van der Waals surface area contributed by atoms with Gasteiger partial charge in [0.25, 0.3) is 5.56 Å². The lowest BCUT2D eigenvalue weighted by Crippen LogP contribution is -2.39. The van der Waals surface area contributed by atoms with Crippen molar-refractivity contribution in [3.05, 3.63) is 76.1 Å². The van der Waals surface area contributed by atoms with E-state index in [1.807, 2.05) is 11.0 Å². The third kappa shape index (κ3) is 4.41. The molecule has 2 aromatic carbocycles. The molecule has 1 aliphatic rings. The average Bonchev–Trinajstić information content (AvgIpc) is 2.98. The van der Waals surface area contributed by atoms with Crippen molar-refractivity contribution in [2.75, 3.05) is 26.2 Å². The highest BCUT2D eigenvalue weighted by atomic mass is 19.1. The molecule has 0 radical (unpaired) electrons. The Hall–Kier alpha value is -3.06. The Bertz CT molecular complexity index is 1110. The molecule has 0 aliphatic carbocycles. The number of aromatic nitrogens is 2. The Morgan fingerprint density at radius 2 is 1.80 bits per heavy atom. The van der Waals surface area contributed by atoms with Crippen LogP contribution in [0.3, 0.4) is 0 Å². The van der Waals surface area contributed by atoms with E-state index >= 15 is 0 Å². The molecule has 0 spiro atoms. The predicted molar refractivity (Wildman–Crippen MR) is 114 cm³/mol. The quantitative estimate of drug-likeness (QED) is 0.666. The Morgan fingerprint density at radius 3 is 2.60 bits per heavy atom. The first-order valence-corrected chi connectivity index (χ1v) is 10.2. The topological polar surface area (TPSA) is 58.4 Å². The number of hydrogen-bond acceptors (Lipinski definition) is 4. The van der Waals surface area contributed by atoms with Gasteiger partial charge in [-0.05, 0) is 43.2 Å². The summed E-state index contributed by atoms with van der Waals surface area (Å²) in [6.07, 6.45) is 0.858. The highest BCUT2D eigenvalue weighted by Gasteiger charge is 2.21. The molecule has 4 rings (SSSR count). The van der Waals surface area contributed by atoms with Crippen molar-refractivity contribution in [2.45, 2.75) is 26.4 Å². The molecule has 1 saturated heterocycles. The van der Waals surface area contributed by atoms with E-state index in [2.05, 4.69) is 9.88 Å². The molecule has 0 bridgehead atoms. The van der Waals surface area contributed by atoms with Crippen LogP contribution < -0.4 is 5.56 Å². The van der Waals surface area contributed by atoms with E-state index in [1.54, 1.807) is 37.3 Å². The molecule has 7 heteroatoms. The first-order valence-electron chi connectivity index (χ1n) is 10.2. The summed E-state index contributed by atoms with van der Waals surface area (Å²) in [5, 5.41) is 0.525. The second-order valence-corrected chi connectivity index (χ2v) is 7.70. The standard InChI is InChI=1S/C23H25FN4O2/c1-17-25-21-6-3-2-5-20(21)23(30)28(17)16-22(29)27-12-4-11-26(13-14-27)15-18-7-9-19(24)10-8-18/h2-3,5-10H,4,11-16H2,1H3. The van der Waals surface area contributed by atoms with Crippen molar-refractivity contribution in [1.82, 2.24) is 19.4 Å². The molecule has 1 amide bonds. The Labute approximate surface area is 174 Å². The number of carbonyl (C=O) groups excluding carboxylic acids is 1. The fourth-order valence-electron chi connectivity index (χ4n) is 3.93. The van der Waals surface area contributed by atoms with E-state index in [-0.39, 0.29) is 23.8 Å². The zero-order chi connectivity index (χ0) is 21.1. The molecule has 2 heterocycles. The van der Waals surface area contributed by atoms with Gasteiger partial charge in [0.15, 0.2) is 0 Å². The van der Waals surface area contributed by atoms with E-state index in [1.165, 1.54) is 16.7 Å². The van der Waals surface area contributed by atoms with Crippen LogP contribution in [-0.4, -0.2) is 51.4 Å². The Balaban J connectivity index is 1.43. The summed E-state index contributed by atoms with van der Waals surface area (Å²) in [5.41, 5.74) is 1.52. The maximum Gasteiger partial charge on any atom is 0.261 e. The predicted octanol–water partition coefficient (Wildman–Crippen LogP) is 2.58. The number of benzene rings is 2. The zero-order valence-corrected chi connectivity index (χ0v) is 17.1. The van der Waals surface area contributed by atoms with Gasteiger partial charge in [0, 0.05) is 32.7 Å². The van der Waals surface area contributed by atoms with Gasteiger partial charge in [0.2, 0.25) is 5.91 Å². The second kappa shape index (κ2) is 8.75. The number of fused-ring (bicyclic) bond motifs is 1. The van der Waals surface area contributed by atoms with Crippen LogP contribution in [0, 0.1) is 12.7 Å². The largest absolute Gasteiger partial charge is 0.340 e. The molecule has 3 aromatic rings. The molecule has 0 saturated carbocycles. The summed E-state index contributed by atoms with van der Waals surface area (Å²) in [4.78, 5) is 34.3. The average molecular weight is 408 g/mol. The van der Waals surface area contributed by atoms with Gasteiger partial charge in [0.1, 0.15) is 18.2 Å². The fraction of sp³-hybridized carbons (Fsp3) is 0.348. The minimum absolute atomic E-state index is 0.000459. The molecule has 6 nitrogen and oxygen atoms in total. The van der Waals surface area contributed by atoms with Gasteiger partial charge in [-0.15, -0.1) is 0 Å². The van der Waals surface area contributed by atoms with Crippen molar-refractivity contribution < 1.29 is 9.18 Å². The number of rotatable bonds is 4. The van der Waals surface area contributed by atoms with Gasteiger partial charge in [-0.3, -0.25) is 19.1 Å². The third-order valence-electron chi connectivity index (χ3n) is 5.61. The highest BCUT2D eigenvalue weighted by Crippen LogP contribution is 2.12. The SMILES string of the molecule is Cc1nc2ccccc2c(=O)n1CC(=O)N1CCCN(Cc2ccc(F)cc2)CC1. The van der Waals surface area contributed by atoms with Crippen LogP contribution in [0.25, 0.3) is 10.9 Å². The first kappa shape index (κ1) is 20.2. The van der Waals surface area contributed by atoms with Crippen molar-refractivity contribution in [3.8, 4) is 0 Å². The van der Waals surface area contributed by atoms with Gasteiger partial charge >= 0.3 is 0 Å². The molecule has 0 N–H and O–H groups in total. The number of para-hydroxylation sites is 1. The van der Waals surface area contributed by atoms with Gasteiger partial charge in [-0.2, -0.15) is 0 Å². The van der Waals surface area contributed by atoms with Crippen LogP contribution >= 0.6 is 0 Å². The molecule has 156 valence electrons. The van der Waals surface area contributed by atoms with Gasteiger partial charge < -0.3 is 4.90 Å². The minimum Gasteiger partial charge on any atom is -0.340 e. The summed E-state index contributed by atoms with van der Waals surface area (Å²) in [7, 11) is 0. The number of carbonyl (C=O) groups is 1. The van der Waals surface area contributed by atoms with E-state index < -0.39 is 0 Å². The van der Waals surface area contributed by atoms with Crippen molar-refractivity contribution in [1.29, 1.82) is 0 Å². The lowest BCUT2D eigenvalue weighted by atomic mass is 10.2. The van der Waals surface area contributed by atoms with Crippen LogP contribution in [-0.2, 0) is 17.9 Å². The molecule has 30 heavy (non-hydrogen) atoms. The summed E-state index contributed by atoms with van der Waals surface area (Å²) in [6.45, 7) is 5.37. The molecule has 1 aromatic heterocycles. The molecule has 0 unspecified atom stereocenters. The third-order valence-corrected chi connectivity index (χ3v) is 5.61. The van der Waals surface area contributed by atoms with Crippen molar-refractivity contribution in [2.24, 2.45) is 0 Å². The first-order chi connectivity index (χ1) is 14.5. The zero-order valence-electron chi connectivity index (χ0n) is 17.1. The highest BCUT2D eigenvalue weighted by molar-refractivity contribution is 5.79. The number of aryl methyl sites for hydroxylation is 1. The number of halogens is 1. The number of hydrogen-bond donors (Lipinski definition) is 0. The summed E-state index contributed by atoms with van der Waals surface area (Å²) >= 11 is 0. The van der Waals surface area contributed by atoms with Gasteiger partial charge in [-0.25, -0.2) is 9.37 Å². The molecule has 1 aliphatic heterocycles. The van der Waals surface area contributed by atoms with E-state index in [0.717, 1.165) is 31.6 Å². The Kier molecular flexibility index (Phi) is 5.90. The lowest BCUT2D eigenvalue weighted by molar-refractivity contribution is -0.131. The van der Waals surface area contributed by atoms with Crippen molar-refractivity contribution >= 4 is 16.8 Å². The summed E-state index contributed by atoms with van der Waals surface area (Å²) in [6, 6.07) is 13.7. The molecular formula is C23H25FN4O2. The molecular weight excluding hydrogens is 383 g/mol. The fourth-order valence-corrected chi connectivity index (χ4v) is 3.93. The maximum atomic E-state index is 13.1. The maximum absolute atomic E-state index is 13.1. The monoisotopic (exact) mass is 408 g/mol. The van der Waals surface area contributed by atoms with E-state index in [4.69, 9.17) is 0 Å². The summed E-state index contributed by atoms with van der Waals surface area (Å²) < 4.78 is 14.6. The van der Waals surface area contributed by atoms with Crippen LogP contribution in [0.4, 0.5) is 4.39 Å². The number of amides is 1. The van der Waals surface area contributed by atoms with E-state index in [9.17, 15) is 14.0 Å². The minimum atomic E-state index is -0.236. The van der Waals surface area contributed by atoms with Crippen molar-refractivity contribution in [3.63, 3.8) is 0 Å².